The minimum Gasteiger partial charge on any atom is -0.386 e. The first-order chi connectivity index (χ1) is 7.72. The van der Waals surface area contributed by atoms with Crippen LogP contribution in [0.5, 0.6) is 0 Å². The van der Waals surface area contributed by atoms with Crippen LogP contribution in [0.3, 0.4) is 0 Å². The van der Waals surface area contributed by atoms with Gasteiger partial charge in [-0.2, -0.15) is 5.26 Å². The summed E-state index contributed by atoms with van der Waals surface area (Å²) in [5, 5.41) is 21.6. The van der Waals surface area contributed by atoms with Gasteiger partial charge in [0, 0.05) is 25.8 Å². The summed E-state index contributed by atoms with van der Waals surface area (Å²) in [6.45, 7) is 1.36. The molecule has 84 valence electrons. The normalized spacial score (nSPS) is 24.0. The van der Waals surface area contributed by atoms with Crippen molar-refractivity contribution >= 4 is 5.82 Å². The number of nitrogens with one attached hydrogen (secondary N) is 1. The predicted molar refractivity (Wildman–Crippen MR) is 57.8 cm³/mol. The Balaban J connectivity index is 1.92. The quantitative estimate of drug-likeness (QED) is 0.774. The first-order valence-electron chi connectivity index (χ1n) is 5.12. The van der Waals surface area contributed by atoms with Crippen molar-refractivity contribution < 1.29 is 9.84 Å². The lowest BCUT2D eigenvalue weighted by atomic mass is 10.0. The van der Waals surface area contributed by atoms with E-state index >= 15 is 0 Å². The van der Waals surface area contributed by atoms with Crippen molar-refractivity contribution in [3.63, 3.8) is 0 Å². The van der Waals surface area contributed by atoms with Gasteiger partial charge in [-0.25, -0.2) is 4.98 Å². The number of nitriles is 1. The van der Waals surface area contributed by atoms with Crippen LogP contribution in [0.15, 0.2) is 18.3 Å². The molecule has 0 aromatic carbocycles. The van der Waals surface area contributed by atoms with Crippen LogP contribution in [0.1, 0.15) is 12.0 Å². The third-order valence-electron chi connectivity index (χ3n) is 2.57. The molecule has 5 nitrogen and oxygen atoms in total. The molecule has 1 unspecified atom stereocenters. The zero-order valence-electron chi connectivity index (χ0n) is 8.81. The van der Waals surface area contributed by atoms with Gasteiger partial charge in [-0.3, -0.25) is 0 Å². The first kappa shape index (κ1) is 10.9. The van der Waals surface area contributed by atoms with Crippen LogP contribution in [0.4, 0.5) is 5.82 Å². The van der Waals surface area contributed by atoms with Gasteiger partial charge in [-0.1, -0.05) is 0 Å². The van der Waals surface area contributed by atoms with E-state index in [0.717, 1.165) is 0 Å². The molecular formula is C11H13N3O2. The van der Waals surface area contributed by atoms with Crippen molar-refractivity contribution in [1.82, 2.24) is 4.98 Å². The molecule has 1 atom stereocenters. The minimum atomic E-state index is -0.796. The molecule has 2 N–H and O–H groups in total. The fourth-order valence-electron chi connectivity index (χ4n) is 1.56. The van der Waals surface area contributed by atoms with Crippen molar-refractivity contribution in [3.05, 3.63) is 23.9 Å². The van der Waals surface area contributed by atoms with E-state index in [2.05, 4.69) is 10.3 Å². The molecule has 2 rings (SSSR count). The van der Waals surface area contributed by atoms with E-state index in [0.29, 0.717) is 37.6 Å². The van der Waals surface area contributed by atoms with Crippen LogP contribution in [0, 0.1) is 11.3 Å². The van der Waals surface area contributed by atoms with Crippen LogP contribution >= 0.6 is 0 Å². The summed E-state index contributed by atoms with van der Waals surface area (Å²) in [5.74, 6) is 0.652. The van der Waals surface area contributed by atoms with Gasteiger partial charge in [0.25, 0.3) is 0 Å². The Bertz CT molecular complexity index is 391. The van der Waals surface area contributed by atoms with E-state index in [9.17, 15) is 5.11 Å². The highest BCUT2D eigenvalue weighted by atomic mass is 16.5. The van der Waals surface area contributed by atoms with Crippen molar-refractivity contribution in [2.75, 3.05) is 25.1 Å². The zero-order chi connectivity index (χ0) is 11.4. The molecule has 5 heteroatoms. The molecule has 0 radical (unpaired) electrons. The third-order valence-corrected chi connectivity index (χ3v) is 2.57. The Morgan fingerprint density at radius 2 is 2.50 bits per heavy atom. The number of aliphatic hydroxyl groups is 1. The summed E-state index contributed by atoms with van der Waals surface area (Å²) < 4.78 is 5.13. The number of anilines is 1. The molecule has 0 saturated carbocycles. The highest BCUT2D eigenvalue weighted by molar-refractivity contribution is 5.39. The van der Waals surface area contributed by atoms with E-state index in [-0.39, 0.29) is 0 Å². The molecule has 0 aliphatic carbocycles. The Morgan fingerprint density at radius 1 is 1.62 bits per heavy atom. The Morgan fingerprint density at radius 3 is 3.06 bits per heavy atom. The topological polar surface area (TPSA) is 78.2 Å². The van der Waals surface area contributed by atoms with Crippen molar-refractivity contribution in [2.45, 2.75) is 12.0 Å². The Labute approximate surface area is 93.7 Å². The lowest BCUT2D eigenvalue weighted by Gasteiger charge is -2.20. The molecule has 16 heavy (non-hydrogen) atoms. The maximum absolute atomic E-state index is 9.99. The van der Waals surface area contributed by atoms with Crippen LogP contribution in [0.25, 0.3) is 0 Å². The summed E-state index contributed by atoms with van der Waals surface area (Å²) >= 11 is 0. The number of nitrogens with zero attached hydrogens (tertiary/aromatic N) is 2. The highest BCUT2D eigenvalue weighted by Crippen LogP contribution is 2.18. The molecule has 0 amide bonds. The van der Waals surface area contributed by atoms with Gasteiger partial charge in [0.1, 0.15) is 17.5 Å². The van der Waals surface area contributed by atoms with Gasteiger partial charge in [0.15, 0.2) is 0 Å². The van der Waals surface area contributed by atoms with E-state index < -0.39 is 5.60 Å². The third kappa shape index (κ3) is 2.48. The molecule has 0 spiro atoms. The average Bonchev–Trinajstić information content (AvgIpc) is 2.75. The van der Waals surface area contributed by atoms with Gasteiger partial charge in [0.2, 0.25) is 0 Å². The first-order valence-corrected chi connectivity index (χ1v) is 5.12. The highest BCUT2D eigenvalue weighted by Gasteiger charge is 2.31. The summed E-state index contributed by atoms with van der Waals surface area (Å²) in [6.07, 6.45) is 2.13. The number of rotatable bonds is 3. The molecule has 1 aromatic rings. The lowest BCUT2D eigenvalue weighted by Crippen LogP contribution is -2.37. The molecular weight excluding hydrogens is 206 g/mol. The maximum atomic E-state index is 9.99. The van der Waals surface area contributed by atoms with Crippen molar-refractivity contribution in [1.29, 1.82) is 5.26 Å². The summed E-state index contributed by atoms with van der Waals surface area (Å²) in [5.41, 5.74) is -0.274. The van der Waals surface area contributed by atoms with Crippen LogP contribution < -0.4 is 5.32 Å². The number of aromatic nitrogens is 1. The maximum Gasteiger partial charge on any atom is 0.126 e. The van der Waals surface area contributed by atoms with Crippen molar-refractivity contribution in [3.8, 4) is 6.07 Å². The standard InChI is InChI=1S/C11H13N3O2/c12-5-9-1-2-10(13-6-9)14-7-11(15)3-4-16-8-11/h1-2,6,15H,3-4,7-8H2,(H,13,14). The van der Waals surface area contributed by atoms with Gasteiger partial charge < -0.3 is 15.2 Å². The Kier molecular flexibility index (Phi) is 3.04. The molecule has 1 aromatic heterocycles. The van der Waals surface area contributed by atoms with Gasteiger partial charge in [-0.05, 0) is 12.1 Å². The number of ether oxygens (including phenoxy) is 1. The summed E-state index contributed by atoms with van der Waals surface area (Å²) in [6, 6.07) is 5.40. The average molecular weight is 219 g/mol. The van der Waals surface area contributed by atoms with Gasteiger partial charge in [0.05, 0.1) is 12.2 Å². The van der Waals surface area contributed by atoms with E-state index in [1.54, 1.807) is 12.1 Å². The monoisotopic (exact) mass is 219 g/mol. The number of hydrogen-bond donors (Lipinski definition) is 2. The van der Waals surface area contributed by atoms with Gasteiger partial charge in [-0.15, -0.1) is 0 Å². The molecule has 0 bridgehead atoms. The van der Waals surface area contributed by atoms with Crippen LogP contribution in [-0.4, -0.2) is 35.5 Å². The summed E-state index contributed by atoms with van der Waals surface area (Å²) in [7, 11) is 0. The number of hydrogen-bond acceptors (Lipinski definition) is 5. The molecule has 1 fully saturated rings. The predicted octanol–water partition coefficient (Wildman–Crippen LogP) is 0.517. The SMILES string of the molecule is N#Cc1ccc(NCC2(O)CCOC2)nc1. The zero-order valence-corrected chi connectivity index (χ0v) is 8.81. The lowest BCUT2D eigenvalue weighted by molar-refractivity contribution is 0.0381. The van der Waals surface area contributed by atoms with Crippen LogP contribution in [0.2, 0.25) is 0 Å². The fourth-order valence-corrected chi connectivity index (χ4v) is 1.56. The van der Waals surface area contributed by atoms with Crippen molar-refractivity contribution in [2.24, 2.45) is 0 Å². The largest absolute Gasteiger partial charge is 0.386 e. The second kappa shape index (κ2) is 4.47. The van der Waals surface area contributed by atoms with E-state index in [1.165, 1.54) is 6.20 Å². The second-order valence-electron chi connectivity index (χ2n) is 3.92. The molecule has 1 aliphatic heterocycles. The smallest absolute Gasteiger partial charge is 0.126 e. The van der Waals surface area contributed by atoms with E-state index in [1.807, 2.05) is 6.07 Å². The van der Waals surface area contributed by atoms with E-state index in [4.69, 9.17) is 10.00 Å². The second-order valence-corrected chi connectivity index (χ2v) is 3.92. The molecule has 1 aliphatic rings. The molecule has 1 saturated heterocycles. The molecule has 2 heterocycles. The number of pyridine rings is 1. The van der Waals surface area contributed by atoms with Crippen LogP contribution in [-0.2, 0) is 4.74 Å². The Hall–Kier alpha value is -1.64. The minimum absolute atomic E-state index is 0.357. The fraction of sp³-hybridized carbons (Fsp3) is 0.455. The summed E-state index contributed by atoms with van der Waals surface area (Å²) in [4.78, 5) is 4.06. The van der Waals surface area contributed by atoms with Gasteiger partial charge >= 0.3 is 0 Å².